The predicted molar refractivity (Wildman–Crippen MR) is 97.4 cm³/mol. The van der Waals surface area contributed by atoms with Gasteiger partial charge in [0.1, 0.15) is 5.82 Å². The molecular weight excluding hydrogens is 320 g/mol. The normalized spacial score (nSPS) is 18.8. The molecule has 1 aliphatic heterocycles. The topological polar surface area (TPSA) is 50.2 Å². The van der Waals surface area contributed by atoms with Crippen LogP contribution in [0.2, 0.25) is 0 Å². The van der Waals surface area contributed by atoms with E-state index in [2.05, 4.69) is 40.8 Å². The largest absolute Gasteiger partial charge is 0.335 e. The van der Waals surface area contributed by atoms with Crippen LogP contribution in [-0.2, 0) is 13.0 Å². The summed E-state index contributed by atoms with van der Waals surface area (Å²) in [5, 5.41) is 3.17. The highest BCUT2D eigenvalue weighted by Gasteiger charge is 2.29. The highest BCUT2D eigenvalue weighted by Crippen LogP contribution is 2.20. The highest BCUT2D eigenvalue weighted by molar-refractivity contribution is 7.11. The number of likely N-dealkylation sites (tertiary alicyclic amines) is 1. The molecule has 0 bridgehead atoms. The predicted octanol–water partition coefficient (Wildman–Crippen LogP) is 3.37. The van der Waals surface area contributed by atoms with Gasteiger partial charge in [0.25, 0.3) is 0 Å². The Labute approximate surface area is 147 Å². The summed E-state index contributed by atoms with van der Waals surface area (Å²) in [5.74, 6) is 1.00. The first-order chi connectivity index (χ1) is 11.5. The van der Waals surface area contributed by atoms with Gasteiger partial charge in [-0.3, -0.25) is 0 Å². The number of nitrogens with zero attached hydrogens (tertiary/aromatic N) is 3. The Morgan fingerprint density at radius 2 is 2.29 bits per heavy atom. The van der Waals surface area contributed by atoms with E-state index in [-0.39, 0.29) is 18.1 Å². The van der Waals surface area contributed by atoms with E-state index in [0.717, 1.165) is 38.2 Å². The van der Waals surface area contributed by atoms with Gasteiger partial charge in [-0.15, -0.1) is 11.3 Å². The van der Waals surface area contributed by atoms with Crippen LogP contribution in [0.15, 0.2) is 24.5 Å². The van der Waals surface area contributed by atoms with Crippen molar-refractivity contribution in [3.05, 3.63) is 40.1 Å². The zero-order chi connectivity index (χ0) is 17.1. The molecule has 0 aromatic carbocycles. The van der Waals surface area contributed by atoms with Crippen molar-refractivity contribution in [3.8, 4) is 0 Å². The number of imidazole rings is 1. The second-order valence-corrected chi connectivity index (χ2v) is 8.06. The number of thiophene rings is 1. The van der Waals surface area contributed by atoms with Crippen LogP contribution in [0.1, 0.15) is 35.3 Å². The van der Waals surface area contributed by atoms with Crippen molar-refractivity contribution in [1.82, 2.24) is 19.8 Å². The van der Waals surface area contributed by atoms with Crippen LogP contribution >= 0.6 is 11.3 Å². The molecule has 2 aromatic heterocycles. The van der Waals surface area contributed by atoms with Crippen LogP contribution in [0.4, 0.5) is 4.79 Å². The Bertz CT molecular complexity index is 693. The van der Waals surface area contributed by atoms with Crippen molar-refractivity contribution >= 4 is 17.4 Å². The number of aryl methyl sites for hydroxylation is 2. The molecule has 1 aliphatic rings. The lowest BCUT2D eigenvalue weighted by molar-refractivity contribution is 0.184. The molecule has 2 unspecified atom stereocenters. The summed E-state index contributed by atoms with van der Waals surface area (Å²) in [6.07, 6.45) is 6.84. The van der Waals surface area contributed by atoms with Crippen molar-refractivity contribution in [2.75, 3.05) is 6.54 Å². The summed E-state index contributed by atoms with van der Waals surface area (Å²) in [4.78, 5) is 21.6. The zero-order valence-electron chi connectivity index (χ0n) is 14.7. The Kier molecular flexibility index (Phi) is 5.23. The third kappa shape index (κ3) is 3.98. The van der Waals surface area contributed by atoms with Gasteiger partial charge in [-0.05, 0) is 45.7 Å². The van der Waals surface area contributed by atoms with Gasteiger partial charge in [0.2, 0.25) is 0 Å². The maximum atomic E-state index is 12.7. The summed E-state index contributed by atoms with van der Waals surface area (Å²) < 4.78 is 2.13. The maximum Gasteiger partial charge on any atom is 0.317 e. The number of carbonyl (C=O) groups is 1. The van der Waals surface area contributed by atoms with Crippen molar-refractivity contribution in [1.29, 1.82) is 0 Å². The minimum absolute atomic E-state index is 0.0658. The van der Waals surface area contributed by atoms with Gasteiger partial charge in [-0.1, -0.05) is 0 Å². The number of carbonyl (C=O) groups excluding carboxylic acids is 1. The quantitative estimate of drug-likeness (QED) is 0.902. The van der Waals surface area contributed by atoms with Gasteiger partial charge < -0.3 is 14.8 Å². The molecule has 0 saturated carbocycles. The van der Waals surface area contributed by atoms with Crippen molar-refractivity contribution < 1.29 is 4.79 Å². The molecule has 0 aliphatic carbocycles. The Balaban J connectivity index is 1.56. The number of nitrogens with one attached hydrogen (secondary N) is 1. The average Bonchev–Trinajstić information content (AvgIpc) is 3.23. The fourth-order valence-electron chi connectivity index (χ4n) is 3.36. The van der Waals surface area contributed by atoms with E-state index in [4.69, 9.17) is 0 Å². The Morgan fingerprint density at radius 1 is 1.46 bits per heavy atom. The average molecular weight is 346 g/mol. The summed E-state index contributed by atoms with van der Waals surface area (Å²) in [6.45, 7) is 7.87. The molecule has 2 aromatic rings. The molecule has 3 rings (SSSR count). The van der Waals surface area contributed by atoms with Crippen LogP contribution in [0.3, 0.4) is 0 Å². The molecular formula is C18H26N4OS. The van der Waals surface area contributed by atoms with Crippen LogP contribution in [0.25, 0.3) is 0 Å². The molecule has 130 valence electrons. The molecule has 3 heterocycles. The van der Waals surface area contributed by atoms with Gasteiger partial charge in [-0.25, -0.2) is 9.78 Å². The summed E-state index contributed by atoms with van der Waals surface area (Å²) in [5.41, 5.74) is 0. The van der Waals surface area contributed by atoms with Crippen molar-refractivity contribution in [2.24, 2.45) is 0 Å². The molecule has 0 spiro atoms. The fraction of sp³-hybridized carbons (Fsp3) is 0.556. The monoisotopic (exact) mass is 346 g/mol. The minimum Gasteiger partial charge on any atom is -0.335 e. The van der Waals surface area contributed by atoms with Gasteiger partial charge in [-0.2, -0.15) is 0 Å². The van der Waals surface area contributed by atoms with Crippen LogP contribution in [0, 0.1) is 13.8 Å². The molecule has 1 N–H and O–H groups in total. The van der Waals surface area contributed by atoms with E-state index in [9.17, 15) is 4.79 Å². The maximum absolute atomic E-state index is 12.7. The summed E-state index contributed by atoms with van der Waals surface area (Å²) >= 11 is 1.81. The number of urea groups is 1. The van der Waals surface area contributed by atoms with E-state index in [0.29, 0.717) is 0 Å². The first-order valence-electron chi connectivity index (χ1n) is 8.63. The highest BCUT2D eigenvalue weighted by atomic mass is 32.1. The first kappa shape index (κ1) is 17.0. The van der Waals surface area contributed by atoms with Crippen molar-refractivity contribution in [3.63, 3.8) is 0 Å². The zero-order valence-corrected chi connectivity index (χ0v) is 15.5. The third-order valence-corrected chi connectivity index (χ3v) is 5.67. The van der Waals surface area contributed by atoms with Gasteiger partial charge in [0.15, 0.2) is 0 Å². The third-order valence-electron chi connectivity index (χ3n) is 4.64. The molecule has 6 heteroatoms. The Hall–Kier alpha value is -1.82. The molecule has 1 fully saturated rings. The number of aromatic nitrogens is 2. The van der Waals surface area contributed by atoms with Crippen LogP contribution in [-0.4, -0.2) is 39.1 Å². The lowest BCUT2D eigenvalue weighted by Gasteiger charge is -2.27. The molecule has 5 nitrogen and oxygen atoms in total. The molecule has 2 atom stereocenters. The fourth-order valence-corrected chi connectivity index (χ4v) is 4.38. The number of hydrogen-bond donors (Lipinski definition) is 1. The lowest BCUT2D eigenvalue weighted by atomic mass is 10.2. The van der Waals surface area contributed by atoms with E-state index < -0.39 is 0 Å². The molecule has 1 saturated heterocycles. The first-order valence-corrected chi connectivity index (χ1v) is 9.45. The van der Waals surface area contributed by atoms with Crippen molar-refractivity contribution in [2.45, 2.75) is 58.7 Å². The van der Waals surface area contributed by atoms with Crippen LogP contribution < -0.4 is 5.32 Å². The van der Waals surface area contributed by atoms with Gasteiger partial charge >= 0.3 is 6.03 Å². The molecule has 2 amide bonds. The number of rotatable bonds is 5. The molecule has 24 heavy (non-hydrogen) atoms. The summed E-state index contributed by atoms with van der Waals surface area (Å²) in [6, 6.07) is 4.76. The second kappa shape index (κ2) is 7.38. The number of hydrogen-bond acceptors (Lipinski definition) is 3. The van der Waals surface area contributed by atoms with E-state index in [1.54, 1.807) is 11.3 Å². The number of amides is 2. The van der Waals surface area contributed by atoms with E-state index in [1.165, 1.54) is 9.75 Å². The van der Waals surface area contributed by atoms with Gasteiger partial charge in [0.05, 0.1) is 6.04 Å². The van der Waals surface area contributed by atoms with Crippen LogP contribution in [0.5, 0.6) is 0 Å². The standard InChI is InChI=1S/C18H26N4OS/c1-13(11-17-7-6-14(2)24-17)20-18(23)22-9-4-5-16(22)12-21-10-8-19-15(21)3/h6-8,10,13,16H,4-5,9,11-12H2,1-3H3,(H,20,23). The second-order valence-electron chi connectivity index (χ2n) is 6.68. The summed E-state index contributed by atoms with van der Waals surface area (Å²) in [7, 11) is 0. The minimum atomic E-state index is 0.0658. The molecule has 0 radical (unpaired) electrons. The smallest absolute Gasteiger partial charge is 0.317 e. The van der Waals surface area contributed by atoms with Gasteiger partial charge in [0, 0.05) is 47.7 Å². The van der Waals surface area contributed by atoms with E-state index >= 15 is 0 Å². The van der Waals surface area contributed by atoms with E-state index in [1.807, 2.05) is 24.2 Å². The SMILES string of the molecule is Cc1ccc(CC(C)NC(=O)N2CCCC2Cn2ccnc2C)s1. The Morgan fingerprint density at radius 3 is 2.96 bits per heavy atom. The lowest BCUT2D eigenvalue weighted by Crippen LogP contribution is -2.47.